The molecule has 5 heteroatoms. The molecule has 0 spiro atoms. The lowest BCUT2D eigenvalue weighted by atomic mass is 10.2. The maximum Gasteiger partial charge on any atom is 0.387 e. The second kappa shape index (κ2) is 4.37. The lowest BCUT2D eigenvalue weighted by Crippen LogP contribution is -2.03. The number of rotatable bonds is 2. The highest BCUT2D eigenvalue weighted by Gasteiger charge is 2.09. The average molecular weight is 295 g/mol. The first-order valence-electron chi connectivity index (χ1n) is 3.28. The van der Waals surface area contributed by atoms with Gasteiger partial charge in [-0.2, -0.15) is 14.0 Å². The van der Waals surface area contributed by atoms with Gasteiger partial charge < -0.3 is 4.74 Å². The molecule has 0 aliphatic rings. The Hall–Kier alpha value is -0.900. The van der Waals surface area contributed by atoms with Gasteiger partial charge in [0.25, 0.3) is 0 Å². The third kappa shape index (κ3) is 2.81. The Morgan fingerprint density at radius 3 is 2.69 bits per heavy atom. The van der Waals surface area contributed by atoms with Crippen LogP contribution in [0.3, 0.4) is 0 Å². The van der Waals surface area contributed by atoms with Gasteiger partial charge in [-0.05, 0) is 40.8 Å². The SMILES string of the molecule is N#Cc1ccc(I)cc1OC(F)F. The van der Waals surface area contributed by atoms with Crippen molar-refractivity contribution >= 4 is 22.6 Å². The van der Waals surface area contributed by atoms with Gasteiger partial charge >= 0.3 is 6.61 Å². The largest absolute Gasteiger partial charge is 0.433 e. The van der Waals surface area contributed by atoms with E-state index in [1.807, 2.05) is 22.6 Å². The van der Waals surface area contributed by atoms with Gasteiger partial charge in [0.1, 0.15) is 11.8 Å². The van der Waals surface area contributed by atoms with Gasteiger partial charge in [-0.15, -0.1) is 0 Å². The average Bonchev–Trinajstić information content (AvgIpc) is 2.03. The minimum Gasteiger partial charge on any atom is -0.433 e. The zero-order valence-electron chi connectivity index (χ0n) is 6.30. The van der Waals surface area contributed by atoms with Crippen molar-refractivity contribution in [1.29, 1.82) is 5.26 Å². The molecule has 1 rings (SSSR count). The van der Waals surface area contributed by atoms with Crippen LogP contribution in [0.25, 0.3) is 0 Å². The highest BCUT2D eigenvalue weighted by atomic mass is 127. The summed E-state index contributed by atoms with van der Waals surface area (Å²) in [6.45, 7) is -2.90. The molecule has 0 saturated carbocycles. The van der Waals surface area contributed by atoms with E-state index in [9.17, 15) is 8.78 Å². The standard InChI is InChI=1S/C8H4F2INO/c9-8(10)13-7-3-6(11)2-1-5(7)4-12/h1-3,8H. The van der Waals surface area contributed by atoms with Crippen molar-refractivity contribution in [2.24, 2.45) is 0 Å². The molecule has 1 aromatic carbocycles. The van der Waals surface area contributed by atoms with Crippen LogP contribution in [0, 0.1) is 14.9 Å². The van der Waals surface area contributed by atoms with E-state index in [0.29, 0.717) is 0 Å². The normalized spacial score (nSPS) is 9.77. The molecule has 0 unspecified atom stereocenters. The molecule has 13 heavy (non-hydrogen) atoms. The molecule has 0 atom stereocenters. The summed E-state index contributed by atoms with van der Waals surface area (Å²) in [5, 5.41) is 8.54. The molecule has 2 nitrogen and oxygen atoms in total. The molecule has 0 radical (unpaired) electrons. The number of nitriles is 1. The molecule has 0 bridgehead atoms. The van der Waals surface area contributed by atoms with Crippen molar-refractivity contribution in [2.45, 2.75) is 6.61 Å². The summed E-state index contributed by atoms with van der Waals surface area (Å²) in [5.41, 5.74) is 0.112. The molecule has 0 heterocycles. The summed E-state index contributed by atoms with van der Waals surface area (Å²) in [6, 6.07) is 6.25. The second-order valence-electron chi connectivity index (χ2n) is 2.13. The molecule has 0 aromatic heterocycles. The van der Waals surface area contributed by atoms with E-state index in [4.69, 9.17) is 5.26 Å². The van der Waals surface area contributed by atoms with Gasteiger partial charge in [0, 0.05) is 3.57 Å². The van der Waals surface area contributed by atoms with Crippen LogP contribution in [0.4, 0.5) is 8.78 Å². The zero-order chi connectivity index (χ0) is 9.84. The van der Waals surface area contributed by atoms with Crippen molar-refractivity contribution in [1.82, 2.24) is 0 Å². The monoisotopic (exact) mass is 295 g/mol. The second-order valence-corrected chi connectivity index (χ2v) is 3.38. The van der Waals surface area contributed by atoms with Gasteiger partial charge in [0.15, 0.2) is 0 Å². The Kier molecular flexibility index (Phi) is 3.42. The first kappa shape index (κ1) is 10.2. The number of nitrogens with zero attached hydrogens (tertiary/aromatic N) is 1. The van der Waals surface area contributed by atoms with Crippen LogP contribution in [0.1, 0.15) is 5.56 Å². The van der Waals surface area contributed by atoms with Crippen molar-refractivity contribution in [3.8, 4) is 11.8 Å². The minimum absolute atomic E-state index is 0.0793. The van der Waals surface area contributed by atoms with Gasteiger partial charge in [-0.3, -0.25) is 0 Å². The third-order valence-electron chi connectivity index (χ3n) is 1.28. The molecule has 0 fully saturated rings. The molecular weight excluding hydrogens is 291 g/mol. The van der Waals surface area contributed by atoms with Crippen molar-refractivity contribution in [2.75, 3.05) is 0 Å². The van der Waals surface area contributed by atoms with E-state index in [-0.39, 0.29) is 11.3 Å². The molecule has 0 aliphatic carbocycles. The maximum atomic E-state index is 11.8. The third-order valence-corrected chi connectivity index (χ3v) is 1.95. The first-order chi connectivity index (χ1) is 6.13. The summed E-state index contributed by atoms with van der Waals surface area (Å²) in [5.74, 6) is -0.0793. The number of halogens is 3. The summed E-state index contributed by atoms with van der Waals surface area (Å²) in [6.07, 6.45) is 0. The van der Waals surface area contributed by atoms with Crippen LogP contribution in [0.5, 0.6) is 5.75 Å². The summed E-state index contributed by atoms with van der Waals surface area (Å²) < 4.78 is 28.6. The van der Waals surface area contributed by atoms with Crippen LogP contribution in [-0.4, -0.2) is 6.61 Å². The fraction of sp³-hybridized carbons (Fsp3) is 0.125. The van der Waals surface area contributed by atoms with Crippen LogP contribution in [-0.2, 0) is 0 Å². The molecular formula is C8H4F2INO. The Morgan fingerprint density at radius 2 is 2.15 bits per heavy atom. The molecule has 0 N–H and O–H groups in total. The van der Waals surface area contributed by atoms with E-state index in [0.717, 1.165) is 3.57 Å². The molecule has 68 valence electrons. The quantitative estimate of drug-likeness (QED) is 0.786. The zero-order valence-corrected chi connectivity index (χ0v) is 8.46. The van der Waals surface area contributed by atoms with E-state index < -0.39 is 6.61 Å². The highest BCUT2D eigenvalue weighted by Crippen LogP contribution is 2.22. The van der Waals surface area contributed by atoms with E-state index >= 15 is 0 Å². The minimum atomic E-state index is -2.90. The maximum absolute atomic E-state index is 11.8. The van der Waals surface area contributed by atoms with Crippen molar-refractivity contribution < 1.29 is 13.5 Å². The van der Waals surface area contributed by atoms with Crippen LogP contribution < -0.4 is 4.74 Å². The van der Waals surface area contributed by atoms with E-state index in [1.165, 1.54) is 12.1 Å². The Labute approximate surface area is 87.3 Å². The number of hydrogen-bond acceptors (Lipinski definition) is 2. The number of ether oxygens (including phenoxy) is 1. The van der Waals surface area contributed by atoms with Gasteiger partial charge in [0.2, 0.25) is 0 Å². The summed E-state index contributed by atoms with van der Waals surface area (Å²) in [7, 11) is 0. The Bertz CT molecular complexity index is 348. The molecule has 0 saturated heterocycles. The smallest absolute Gasteiger partial charge is 0.387 e. The van der Waals surface area contributed by atoms with Crippen molar-refractivity contribution in [3.05, 3.63) is 27.3 Å². The summed E-state index contributed by atoms with van der Waals surface area (Å²) in [4.78, 5) is 0. The van der Waals surface area contributed by atoms with Crippen LogP contribution in [0.15, 0.2) is 18.2 Å². The van der Waals surface area contributed by atoms with E-state index in [1.54, 1.807) is 12.1 Å². The highest BCUT2D eigenvalue weighted by molar-refractivity contribution is 14.1. The fourth-order valence-electron chi connectivity index (χ4n) is 0.782. The lowest BCUT2D eigenvalue weighted by molar-refractivity contribution is -0.0500. The molecule has 0 aliphatic heterocycles. The number of hydrogen-bond donors (Lipinski definition) is 0. The lowest BCUT2D eigenvalue weighted by Gasteiger charge is -2.05. The fourth-order valence-corrected chi connectivity index (χ4v) is 1.24. The van der Waals surface area contributed by atoms with Gasteiger partial charge in [-0.25, -0.2) is 0 Å². The molecule has 0 amide bonds. The predicted octanol–water partition coefficient (Wildman–Crippen LogP) is 2.76. The Balaban J connectivity index is 3.03. The van der Waals surface area contributed by atoms with Gasteiger partial charge in [-0.1, -0.05) is 0 Å². The molecule has 1 aromatic rings. The topological polar surface area (TPSA) is 33.0 Å². The Morgan fingerprint density at radius 1 is 1.46 bits per heavy atom. The number of alkyl halides is 2. The van der Waals surface area contributed by atoms with Gasteiger partial charge in [0.05, 0.1) is 5.56 Å². The van der Waals surface area contributed by atoms with Crippen molar-refractivity contribution in [3.63, 3.8) is 0 Å². The van der Waals surface area contributed by atoms with Crippen LogP contribution >= 0.6 is 22.6 Å². The van der Waals surface area contributed by atoms with Crippen LogP contribution in [0.2, 0.25) is 0 Å². The number of benzene rings is 1. The first-order valence-corrected chi connectivity index (χ1v) is 4.36. The predicted molar refractivity (Wildman–Crippen MR) is 50.5 cm³/mol. The van der Waals surface area contributed by atoms with E-state index in [2.05, 4.69) is 4.74 Å². The summed E-state index contributed by atoms with van der Waals surface area (Å²) >= 11 is 1.95.